The van der Waals surface area contributed by atoms with Crippen LogP contribution in [0.2, 0.25) is 5.02 Å². The van der Waals surface area contributed by atoms with E-state index in [0.29, 0.717) is 48.2 Å². The normalized spacial score (nSPS) is 10.7. The lowest BCUT2D eigenvalue weighted by atomic mass is 10.1. The van der Waals surface area contributed by atoms with Crippen LogP contribution in [0.4, 0.5) is 5.82 Å². The van der Waals surface area contributed by atoms with E-state index in [1.54, 1.807) is 26.4 Å². The van der Waals surface area contributed by atoms with E-state index in [2.05, 4.69) is 4.98 Å². The van der Waals surface area contributed by atoms with Gasteiger partial charge in [0, 0.05) is 19.2 Å². The summed E-state index contributed by atoms with van der Waals surface area (Å²) in [5.74, 6) is 1.39. The Kier molecular flexibility index (Phi) is 9.52. The highest BCUT2D eigenvalue weighted by atomic mass is 35.5. The van der Waals surface area contributed by atoms with E-state index in [4.69, 9.17) is 30.5 Å². The lowest BCUT2D eigenvalue weighted by molar-refractivity contribution is 0.0598. The SMILES string of the molecule is CCOc1cc(C)c(-n2cnc(N(Cc3ccc(OC)cc3)Cc3ccc(OC)cc3)c(C(=O)OC)c2=O)c(Cl)c1. The first-order chi connectivity index (χ1) is 19.8. The van der Waals surface area contributed by atoms with Crippen molar-refractivity contribution in [2.75, 3.05) is 32.8 Å². The maximum atomic E-state index is 14.0. The van der Waals surface area contributed by atoms with Gasteiger partial charge >= 0.3 is 5.97 Å². The zero-order valence-electron chi connectivity index (χ0n) is 23.6. The summed E-state index contributed by atoms with van der Waals surface area (Å²) in [6.45, 7) is 4.84. The number of hydrogen-bond donors (Lipinski definition) is 0. The number of carbonyl (C=O) groups excluding carboxylic acids is 1. The van der Waals surface area contributed by atoms with Gasteiger partial charge in [0.2, 0.25) is 0 Å². The average molecular weight is 578 g/mol. The number of carbonyl (C=O) groups is 1. The van der Waals surface area contributed by atoms with Crippen molar-refractivity contribution >= 4 is 23.4 Å². The van der Waals surface area contributed by atoms with Gasteiger partial charge < -0.3 is 23.8 Å². The van der Waals surface area contributed by atoms with Crippen LogP contribution >= 0.6 is 11.6 Å². The molecule has 0 radical (unpaired) electrons. The van der Waals surface area contributed by atoms with E-state index in [-0.39, 0.29) is 16.4 Å². The van der Waals surface area contributed by atoms with Gasteiger partial charge in [-0.05, 0) is 60.9 Å². The van der Waals surface area contributed by atoms with Crippen molar-refractivity contribution in [2.24, 2.45) is 0 Å². The van der Waals surface area contributed by atoms with E-state index in [1.165, 1.54) is 18.0 Å². The van der Waals surface area contributed by atoms with Crippen LogP contribution in [0.15, 0.2) is 71.8 Å². The van der Waals surface area contributed by atoms with Crippen LogP contribution in [0.5, 0.6) is 17.2 Å². The second-order valence-electron chi connectivity index (χ2n) is 9.17. The molecule has 1 aromatic heterocycles. The van der Waals surface area contributed by atoms with Gasteiger partial charge in [-0.1, -0.05) is 35.9 Å². The minimum absolute atomic E-state index is 0.185. The molecule has 4 aromatic rings. The summed E-state index contributed by atoms with van der Waals surface area (Å²) < 4.78 is 22.5. The third kappa shape index (κ3) is 6.63. The zero-order valence-corrected chi connectivity index (χ0v) is 24.4. The fraction of sp³-hybridized carbons (Fsp3) is 0.258. The van der Waals surface area contributed by atoms with Crippen LogP contribution in [-0.2, 0) is 17.8 Å². The smallest absolute Gasteiger partial charge is 0.347 e. The molecule has 3 aromatic carbocycles. The van der Waals surface area contributed by atoms with Crippen LogP contribution in [0.3, 0.4) is 0 Å². The summed E-state index contributed by atoms with van der Waals surface area (Å²) in [5, 5.41) is 0.286. The molecule has 0 spiro atoms. The Labute approximate surface area is 243 Å². The Hall–Kier alpha value is -4.50. The molecule has 0 atom stereocenters. The van der Waals surface area contributed by atoms with Gasteiger partial charge in [0.25, 0.3) is 5.56 Å². The van der Waals surface area contributed by atoms with E-state index < -0.39 is 11.5 Å². The van der Waals surface area contributed by atoms with Gasteiger partial charge in [-0.15, -0.1) is 0 Å². The Morgan fingerprint density at radius 2 is 1.46 bits per heavy atom. The number of esters is 1. The summed E-state index contributed by atoms with van der Waals surface area (Å²) in [5.41, 5.74) is 2.12. The highest BCUT2D eigenvalue weighted by molar-refractivity contribution is 6.32. The molecule has 0 unspecified atom stereocenters. The largest absolute Gasteiger partial charge is 0.497 e. The highest BCUT2D eigenvalue weighted by Gasteiger charge is 2.26. The fourth-order valence-electron chi connectivity index (χ4n) is 4.49. The second kappa shape index (κ2) is 13.2. The number of anilines is 1. The molecule has 0 amide bonds. The first kappa shape index (κ1) is 29.5. The summed E-state index contributed by atoms with van der Waals surface area (Å²) in [7, 11) is 4.44. The number of hydrogen-bond acceptors (Lipinski definition) is 8. The van der Waals surface area contributed by atoms with Crippen molar-refractivity contribution < 1.29 is 23.7 Å². The first-order valence-corrected chi connectivity index (χ1v) is 13.3. The molecular formula is C31H32ClN3O6. The van der Waals surface area contributed by atoms with Gasteiger partial charge in [0.1, 0.15) is 23.6 Å². The predicted octanol–water partition coefficient (Wildman–Crippen LogP) is 5.60. The maximum Gasteiger partial charge on any atom is 0.347 e. The van der Waals surface area contributed by atoms with Crippen LogP contribution < -0.4 is 24.7 Å². The third-order valence-electron chi connectivity index (χ3n) is 6.49. The second-order valence-corrected chi connectivity index (χ2v) is 9.57. The highest BCUT2D eigenvalue weighted by Crippen LogP contribution is 2.30. The molecule has 0 saturated carbocycles. The van der Waals surface area contributed by atoms with E-state index in [0.717, 1.165) is 11.1 Å². The van der Waals surface area contributed by atoms with Crippen molar-refractivity contribution in [1.29, 1.82) is 0 Å². The molecule has 0 aliphatic rings. The molecule has 0 fully saturated rings. The number of methoxy groups -OCH3 is 3. The van der Waals surface area contributed by atoms with Gasteiger partial charge in [0.15, 0.2) is 11.4 Å². The number of rotatable bonds is 11. The lowest BCUT2D eigenvalue weighted by Gasteiger charge is -2.26. The Morgan fingerprint density at radius 3 is 1.93 bits per heavy atom. The molecule has 0 saturated heterocycles. The maximum absolute atomic E-state index is 14.0. The quantitative estimate of drug-likeness (QED) is 0.213. The lowest BCUT2D eigenvalue weighted by Crippen LogP contribution is -2.33. The van der Waals surface area contributed by atoms with Crippen molar-refractivity contribution in [3.8, 4) is 22.9 Å². The Morgan fingerprint density at radius 1 is 0.902 bits per heavy atom. The van der Waals surface area contributed by atoms with Gasteiger partial charge in [-0.25, -0.2) is 9.78 Å². The van der Waals surface area contributed by atoms with Crippen molar-refractivity contribution in [3.05, 3.63) is 105 Å². The molecule has 9 nitrogen and oxygen atoms in total. The molecule has 0 bridgehead atoms. The molecule has 214 valence electrons. The minimum atomic E-state index is -0.805. The third-order valence-corrected chi connectivity index (χ3v) is 6.77. The zero-order chi connectivity index (χ0) is 29.5. The van der Waals surface area contributed by atoms with Crippen LogP contribution in [0, 0.1) is 6.92 Å². The van der Waals surface area contributed by atoms with Gasteiger partial charge in [-0.2, -0.15) is 0 Å². The predicted molar refractivity (Wildman–Crippen MR) is 158 cm³/mol. The van der Waals surface area contributed by atoms with Crippen LogP contribution in [0.25, 0.3) is 5.69 Å². The molecule has 10 heteroatoms. The number of aryl methyl sites for hydroxylation is 1. The molecular weight excluding hydrogens is 546 g/mol. The Balaban J connectivity index is 1.85. The number of benzene rings is 3. The van der Waals surface area contributed by atoms with E-state index >= 15 is 0 Å². The standard InChI is InChI=1S/C31H32ClN3O6/c1-6-41-25-15-20(2)28(26(32)16-25)35-19-33-29(27(30(35)36)31(37)40-5)34(17-21-7-11-23(38-3)12-8-21)18-22-9-13-24(39-4)14-10-22/h7-16,19H,6,17-18H2,1-5H3. The van der Waals surface area contributed by atoms with E-state index in [9.17, 15) is 9.59 Å². The van der Waals surface area contributed by atoms with Gasteiger partial charge in [-0.3, -0.25) is 9.36 Å². The molecule has 0 aliphatic heterocycles. The van der Waals surface area contributed by atoms with Crippen molar-refractivity contribution in [3.63, 3.8) is 0 Å². The molecule has 4 rings (SSSR count). The van der Waals surface area contributed by atoms with Crippen molar-refractivity contribution in [1.82, 2.24) is 9.55 Å². The topological polar surface area (TPSA) is 92.1 Å². The molecule has 41 heavy (non-hydrogen) atoms. The molecule has 0 aliphatic carbocycles. The van der Waals surface area contributed by atoms with Gasteiger partial charge in [0.05, 0.1) is 38.6 Å². The van der Waals surface area contributed by atoms with E-state index in [1.807, 2.05) is 67.3 Å². The first-order valence-electron chi connectivity index (χ1n) is 12.9. The number of halogens is 1. The average Bonchev–Trinajstić information content (AvgIpc) is 2.97. The number of aromatic nitrogens is 2. The summed E-state index contributed by atoms with van der Waals surface area (Å²) in [4.78, 5) is 33.6. The summed E-state index contributed by atoms with van der Waals surface area (Å²) in [6, 6.07) is 18.5. The Bertz CT molecular complexity index is 1500. The van der Waals surface area contributed by atoms with Crippen LogP contribution in [0.1, 0.15) is 34.0 Å². The summed E-state index contributed by atoms with van der Waals surface area (Å²) >= 11 is 6.59. The van der Waals surface area contributed by atoms with Crippen LogP contribution in [-0.4, -0.2) is 43.5 Å². The summed E-state index contributed by atoms with van der Waals surface area (Å²) in [6.07, 6.45) is 1.38. The minimum Gasteiger partial charge on any atom is -0.497 e. The number of nitrogens with zero attached hydrogens (tertiary/aromatic N) is 3. The van der Waals surface area contributed by atoms with Crippen molar-refractivity contribution in [2.45, 2.75) is 26.9 Å². The fourth-order valence-corrected chi connectivity index (χ4v) is 4.84. The molecule has 1 heterocycles. The number of ether oxygens (including phenoxy) is 4. The molecule has 0 N–H and O–H groups in total. The monoisotopic (exact) mass is 577 g/mol.